The van der Waals surface area contributed by atoms with Gasteiger partial charge in [-0.1, -0.05) is 0 Å². The molecule has 0 saturated heterocycles. The molecule has 0 aliphatic rings. The van der Waals surface area contributed by atoms with Crippen molar-refractivity contribution in [2.75, 3.05) is 39.6 Å². The molecule has 0 saturated carbocycles. The zero-order chi connectivity index (χ0) is 14.5. The van der Waals surface area contributed by atoms with Crippen LogP contribution in [0.5, 0.6) is 0 Å². The molecule has 19 heavy (non-hydrogen) atoms. The number of nitrogens with one attached hydrogen (secondary N) is 1. The number of anilines is 1. The largest absolute Gasteiger partial charge is 0.398 e. The Morgan fingerprint density at radius 2 is 2.26 bits per heavy atom. The van der Waals surface area contributed by atoms with Crippen molar-refractivity contribution in [1.82, 2.24) is 9.62 Å². The first-order valence-corrected chi connectivity index (χ1v) is 7.76. The van der Waals surface area contributed by atoms with Crippen LogP contribution in [0, 0.1) is 0 Å². The summed E-state index contributed by atoms with van der Waals surface area (Å²) in [6.45, 7) is 0.475. The molecule has 0 unspecified atom stereocenters. The highest BCUT2D eigenvalue weighted by Gasteiger charge is 2.24. The van der Waals surface area contributed by atoms with E-state index < -0.39 is 10.0 Å². The minimum atomic E-state index is -3.66. The summed E-state index contributed by atoms with van der Waals surface area (Å²) >= 11 is 1.03. The van der Waals surface area contributed by atoms with Gasteiger partial charge >= 0.3 is 0 Å². The van der Waals surface area contributed by atoms with Gasteiger partial charge in [-0.2, -0.15) is 4.31 Å². The van der Waals surface area contributed by atoms with E-state index in [4.69, 9.17) is 10.5 Å². The Balaban J connectivity index is 2.62. The molecule has 0 aromatic carbocycles. The van der Waals surface area contributed by atoms with E-state index in [0.717, 1.165) is 15.6 Å². The van der Waals surface area contributed by atoms with E-state index >= 15 is 0 Å². The molecule has 0 atom stereocenters. The summed E-state index contributed by atoms with van der Waals surface area (Å²) in [5, 5.41) is 4.09. The lowest BCUT2D eigenvalue weighted by atomic mass is 10.5. The van der Waals surface area contributed by atoms with Crippen LogP contribution in [0.4, 0.5) is 5.69 Å². The van der Waals surface area contributed by atoms with E-state index in [2.05, 4.69) is 5.32 Å². The third kappa shape index (κ3) is 4.46. The number of rotatable bonds is 7. The van der Waals surface area contributed by atoms with Crippen LogP contribution >= 0.6 is 11.3 Å². The predicted molar refractivity (Wildman–Crippen MR) is 73.4 cm³/mol. The summed E-state index contributed by atoms with van der Waals surface area (Å²) in [6.07, 6.45) is 0. The quantitative estimate of drug-likeness (QED) is 0.674. The number of hydrogen-bond donors (Lipinski definition) is 2. The Hall–Kier alpha value is -1.16. The van der Waals surface area contributed by atoms with Gasteiger partial charge in [-0.05, 0) is 6.07 Å². The van der Waals surface area contributed by atoms with Gasteiger partial charge in [0, 0.05) is 31.8 Å². The number of nitrogens with zero attached hydrogens (tertiary/aromatic N) is 1. The molecule has 0 bridgehead atoms. The summed E-state index contributed by atoms with van der Waals surface area (Å²) in [5.41, 5.74) is 5.88. The SMILES string of the molecule is COCCNC(=O)CN(C)S(=O)(=O)c1cc(N)cs1. The molecule has 1 aromatic heterocycles. The van der Waals surface area contributed by atoms with Gasteiger partial charge in [0.15, 0.2) is 0 Å². The second-order valence-corrected chi connectivity index (χ2v) is 6.99. The van der Waals surface area contributed by atoms with Gasteiger partial charge < -0.3 is 15.8 Å². The normalized spacial score (nSPS) is 11.7. The second kappa shape index (κ2) is 6.85. The van der Waals surface area contributed by atoms with Gasteiger partial charge in [-0.25, -0.2) is 8.42 Å². The second-order valence-electron chi connectivity index (χ2n) is 3.80. The third-order valence-corrected chi connectivity index (χ3v) is 5.49. The first-order valence-electron chi connectivity index (χ1n) is 5.44. The standard InChI is InChI=1S/C10H17N3O4S2/c1-13(6-9(14)12-3-4-17-2)19(15,16)10-5-8(11)7-18-10/h5,7H,3-4,6,11H2,1-2H3,(H,12,14). The molecule has 0 fully saturated rings. The average Bonchev–Trinajstić information content (AvgIpc) is 2.76. The number of hydrogen-bond acceptors (Lipinski definition) is 6. The Kier molecular flexibility index (Phi) is 5.73. The number of likely N-dealkylation sites (N-methyl/N-ethyl adjacent to an activating group) is 1. The van der Waals surface area contributed by atoms with Gasteiger partial charge in [0.05, 0.1) is 13.2 Å². The fourth-order valence-corrected chi connectivity index (χ4v) is 3.67. The molecular weight excluding hydrogens is 290 g/mol. The molecule has 0 aliphatic heterocycles. The predicted octanol–water partition coefficient (Wildman–Crippen LogP) is -0.287. The fourth-order valence-electron chi connectivity index (χ4n) is 1.25. The van der Waals surface area contributed by atoms with Crippen LogP contribution in [0.2, 0.25) is 0 Å². The maximum Gasteiger partial charge on any atom is 0.252 e. The molecule has 0 aliphatic carbocycles. The van der Waals surface area contributed by atoms with E-state index in [-0.39, 0.29) is 16.7 Å². The first kappa shape index (κ1) is 15.9. The van der Waals surface area contributed by atoms with Crippen LogP contribution < -0.4 is 11.1 Å². The summed E-state index contributed by atoms with van der Waals surface area (Å²) in [5.74, 6) is -0.382. The van der Waals surface area contributed by atoms with Crippen molar-refractivity contribution < 1.29 is 17.9 Å². The molecule has 0 spiro atoms. The van der Waals surface area contributed by atoms with Gasteiger partial charge in [0.2, 0.25) is 5.91 Å². The Morgan fingerprint density at radius 3 is 2.79 bits per heavy atom. The number of nitrogens with two attached hydrogens (primary N) is 1. The number of ether oxygens (including phenoxy) is 1. The molecule has 1 heterocycles. The monoisotopic (exact) mass is 307 g/mol. The van der Waals surface area contributed by atoms with Crippen molar-refractivity contribution in [3.05, 3.63) is 11.4 Å². The first-order chi connectivity index (χ1) is 8.87. The molecule has 1 rings (SSSR count). The lowest BCUT2D eigenvalue weighted by Gasteiger charge is -2.15. The molecule has 7 nitrogen and oxygen atoms in total. The van der Waals surface area contributed by atoms with Gasteiger partial charge in [0.1, 0.15) is 4.21 Å². The molecule has 1 amide bonds. The van der Waals surface area contributed by atoms with Crippen molar-refractivity contribution in [2.45, 2.75) is 4.21 Å². The van der Waals surface area contributed by atoms with E-state index in [0.29, 0.717) is 18.8 Å². The third-order valence-electron chi connectivity index (χ3n) is 2.25. The Morgan fingerprint density at radius 1 is 1.58 bits per heavy atom. The van der Waals surface area contributed by atoms with Crippen LogP contribution in [0.15, 0.2) is 15.7 Å². The van der Waals surface area contributed by atoms with Crippen LogP contribution in [0.3, 0.4) is 0 Å². The van der Waals surface area contributed by atoms with Gasteiger partial charge in [-0.15, -0.1) is 11.3 Å². The van der Waals surface area contributed by atoms with Gasteiger partial charge in [0.25, 0.3) is 10.0 Å². The highest BCUT2D eigenvalue weighted by molar-refractivity contribution is 7.91. The van der Waals surface area contributed by atoms with Crippen molar-refractivity contribution in [3.63, 3.8) is 0 Å². The summed E-state index contributed by atoms with van der Waals surface area (Å²) in [7, 11) is -0.798. The van der Waals surface area contributed by atoms with Gasteiger partial charge in [-0.3, -0.25) is 4.79 Å². The van der Waals surface area contributed by atoms with E-state index in [1.54, 1.807) is 5.38 Å². The van der Waals surface area contributed by atoms with E-state index in [1.807, 2.05) is 0 Å². The number of methoxy groups -OCH3 is 1. The topological polar surface area (TPSA) is 102 Å². The summed E-state index contributed by atoms with van der Waals surface area (Å²) < 4.78 is 30.1. The summed E-state index contributed by atoms with van der Waals surface area (Å²) in [4.78, 5) is 11.5. The Bertz CT molecular complexity index is 527. The van der Waals surface area contributed by atoms with Crippen molar-refractivity contribution in [2.24, 2.45) is 0 Å². The van der Waals surface area contributed by atoms with Crippen LogP contribution in [0.25, 0.3) is 0 Å². The number of sulfonamides is 1. The fraction of sp³-hybridized carbons (Fsp3) is 0.500. The highest BCUT2D eigenvalue weighted by Crippen LogP contribution is 2.24. The smallest absolute Gasteiger partial charge is 0.252 e. The van der Waals surface area contributed by atoms with Crippen LogP contribution in [0.1, 0.15) is 0 Å². The minimum absolute atomic E-state index is 0.122. The maximum atomic E-state index is 12.1. The minimum Gasteiger partial charge on any atom is -0.398 e. The van der Waals surface area contributed by atoms with E-state index in [9.17, 15) is 13.2 Å². The van der Waals surface area contributed by atoms with Crippen molar-refractivity contribution >= 4 is 33.0 Å². The molecule has 108 valence electrons. The van der Waals surface area contributed by atoms with Crippen molar-refractivity contribution in [3.8, 4) is 0 Å². The molecular formula is C10H17N3O4S2. The van der Waals surface area contributed by atoms with Crippen LogP contribution in [-0.4, -0.2) is 52.5 Å². The van der Waals surface area contributed by atoms with Crippen LogP contribution in [-0.2, 0) is 19.6 Å². The lowest BCUT2D eigenvalue weighted by Crippen LogP contribution is -2.39. The summed E-state index contributed by atoms with van der Waals surface area (Å²) in [6, 6.07) is 1.37. The number of thiophene rings is 1. The lowest BCUT2D eigenvalue weighted by molar-refractivity contribution is -0.121. The van der Waals surface area contributed by atoms with E-state index in [1.165, 1.54) is 20.2 Å². The number of carbonyl (C=O) groups excluding carboxylic acids is 1. The number of nitrogen functional groups attached to an aromatic ring is 1. The molecule has 0 radical (unpaired) electrons. The molecule has 3 N–H and O–H groups in total. The molecule has 1 aromatic rings. The number of carbonyl (C=O) groups is 1. The highest BCUT2D eigenvalue weighted by atomic mass is 32.2. The zero-order valence-electron chi connectivity index (χ0n) is 10.8. The average molecular weight is 307 g/mol. The Labute approximate surface area is 116 Å². The number of amides is 1. The van der Waals surface area contributed by atoms with Crippen molar-refractivity contribution in [1.29, 1.82) is 0 Å². The zero-order valence-corrected chi connectivity index (χ0v) is 12.4. The maximum absolute atomic E-state index is 12.1. The molecule has 9 heteroatoms.